The van der Waals surface area contributed by atoms with Gasteiger partial charge in [0.1, 0.15) is 24.2 Å². The molecule has 1 aliphatic heterocycles. The maximum absolute atomic E-state index is 14.2. The fourth-order valence-electron chi connectivity index (χ4n) is 4.77. The van der Waals surface area contributed by atoms with Crippen LogP contribution < -0.4 is 15.4 Å². The van der Waals surface area contributed by atoms with Gasteiger partial charge in [0.25, 0.3) is 0 Å². The van der Waals surface area contributed by atoms with E-state index < -0.39 is 0 Å². The van der Waals surface area contributed by atoms with E-state index in [-0.39, 0.29) is 11.7 Å². The third-order valence-corrected chi connectivity index (χ3v) is 6.14. The molecule has 0 radical (unpaired) electrons. The average Bonchev–Trinajstić information content (AvgIpc) is 2.71. The van der Waals surface area contributed by atoms with E-state index in [1.807, 2.05) is 13.8 Å². The van der Waals surface area contributed by atoms with Gasteiger partial charge < -0.3 is 15.4 Å². The molecule has 160 valence electrons. The number of nitrogens with zero attached hydrogens (tertiary/aromatic N) is 5. The number of hydrogen-bond acceptors (Lipinski definition) is 7. The molecule has 1 saturated carbocycles. The Morgan fingerprint density at radius 3 is 2.55 bits per heavy atom. The number of hydrogen-bond donors (Lipinski definition) is 1. The molecule has 8 heteroatoms. The Morgan fingerprint density at radius 1 is 1.06 bits per heavy atom. The maximum Gasteiger partial charge on any atom is 0.188 e. The average molecular weight is 420 g/mol. The molecule has 2 N–H and O–H groups in total. The van der Waals surface area contributed by atoms with Crippen molar-refractivity contribution in [3.8, 4) is 22.6 Å². The number of halogens is 1. The van der Waals surface area contributed by atoms with E-state index in [2.05, 4.69) is 24.8 Å². The highest BCUT2D eigenvalue weighted by molar-refractivity contribution is 5.73. The topological polar surface area (TPSA) is 90.0 Å². The van der Waals surface area contributed by atoms with Gasteiger partial charge in [-0.2, -0.15) is 0 Å². The molecule has 0 bridgehead atoms. The van der Waals surface area contributed by atoms with Crippen LogP contribution in [-0.2, 0) is 0 Å². The van der Waals surface area contributed by atoms with Gasteiger partial charge in [-0.25, -0.2) is 24.3 Å². The predicted octanol–water partition coefficient (Wildman–Crippen LogP) is 3.92. The summed E-state index contributed by atoms with van der Waals surface area (Å²) in [5, 5.41) is 0. The molecule has 1 saturated heterocycles. The zero-order valence-electron chi connectivity index (χ0n) is 17.6. The highest BCUT2D eigenvalue weighted by Crippen LogP contribution is 2.50. The van der Waals surface area contributed by atoms with E-state index in [4.69, 9.17) is 10.5 Å². The molecular weight excluding hydrogens is 395 g/mol. The Balaban J connectivity index is 1.47. The van der Waals surface area contributed by atoms with Crippen LogP contribution in [0.5, 0.6) is 11.5 Å². The SMILES string of the molecule is CC(C)c1ncncc1-c1cc(F)ccc1Oc1cncnc1N1CC2(CC(N)C2)C1. The van der Waals surface area contributed by atoms with E-state index in [0.29, 0.717) is 28.5 Å². The number of nitrogens with two attached hydrogens (primary N) is 1. The van der Waals surface area contributed by atoms with E-state index in [1.165, 1.54) is 24.8 Å². The summed E-state index contributed by atoms with van der Waals surface area (Å²) in [5.74, 6) is 1.59. The number of aromatic nitrogens is 4. The summed E-state index contributed by atoms with van der Waals surface area (Å²) in [6.45, 7) is 5.91. The van der Waals surface area contributed by atoms with Gasteiger partial charge in [0.15, 0.2) is 11.6 Å². The zero-order chi connectivity index (χ0) is 21.6. The Labute approximate surface area is 180 Å². The molecule has 3 aromatic rings. The van der Waals surface area contributed by atoms with E-state index in [0.717, 1.165) is 43.0 Å². The molecule has 2 aliphatic rings. The number of benzene rings is 1. The van der Waals surface area contributed by atoms with Crippen molar-refractivity contribution >= 4 is 5.82 Å². The summed E-state index contributed by atoms with van der Waals surface area (Å²) >= 11 is 0. The molecule has 7 nitrogen and oxygen atoms in total. The first kappa shape index (κ1) is 19.8. The second kappa shape index (κ2) is 7.53. The van der Waals surface area contributed by atoms with Crippen LogP contribution in [0, 0.1) is 11.2 Å². The molecular formula is C23H25FN6O. The summed E-state index contributed by atoms with van der Waals surface area (Å²) in [5.41, 5.74) is 8.49. The number of anilines is 1. The highest BCUT2D eigenvalue weighted by Gasteiger charge is 2.52. The zero-order valence-corrected chi connectivity index (χ0v) is 17.6. The Kier molecular flexibility index (Phi) is 4.81. The summed E-state index contributed by atoms with van der Waals surface area (Å²) in [6, 6.07) is 4.78. The Morgan fingerprint density at radius 2 is 1.81 bits per heavy atom. The van der Waals surface area contributed by atoms with Gasteiger partial charge in [-0.1, -0.05) is 13.8 Å². The standard InChI is InChI=1S/C23H25FN6O/c1-14(2)21-18(8-26-12-28-21)17-5-15(24)3-4-19(17)31-20-9-27-13-29-22(20)30-10-23(11-30)6-16(25)7-23/h3-5,8-9,12-14,16H,6-7,10-11,25H2,1-2H3. The summed E-state index contributed by atoms with van der Waals surface area (Å²) in [7, 11) is 0. The van der Waals surface area contributed by atoms with Gasteiger partial charge in [0.05, 0.1) is 11.9 Å². The first-order valence-corrected chi connectivity index (χ1v) is 10.5. The van der Waals surface area contributed by atoms with Crippen LogP contribution in [0.25, 0.3) is 11.1 Å². The third-order valence-electron chi connectivity index (χ3n) is 6.14. The largest absolute Gasteiger partial charge is 0.451 e. The molecule has 31 heavy (non-hydrogen) atoms. The van der Waals surface area contributed by atoms with Crippen molar-refractivity contribution in [3.63, 3.8) is 0 Å². The van der Waals surface area contributed by atoms with E-state index in [9.17, 15) is 4.39 Å². The molecule has 5 rings (SSSR count). The number of ether oxygens (including phenoxy) is 1. The lowest BCUT2D eigenvalue weighted by atomic mass is 9.61. The monoisotopic (exact) mass is 420 g/mol. The lowest BCUT2D eigenvalue weighted by molar-refractivity contribution is 0.0655. The Bertz CT molecular complexity index is 1110. The first-order chi connectivity index (χ1) is 14.9. The fourth-order valence-corrected chi connectivity index (χ4v) is 4.77. The summed E-state index contributed by atoms with van der Waals surface area (Å²) in [6.07, 6.45) is 8.49. The van der Waals surface area contributed by atoms with Crippen LogP contribution >= 0.6 is 0 Å². The minimum atomic E-state index is -0.351. The van der Waals surface area contributed by atoms with Gasteiger partial charge in [-0.3, -0.25) is 0 Å². The van der Waals surface area contributed by atoms with Gasteiger partial charge in [-0.05, 0) is 37.0 Å². The van der Waals surface area contributed by atoms with Crippen LogP contribution in [-0.4, -0.2) is 39.1 Å². The van der Waals surface area contributed by atoms with E-state index in [1.54, 1.807) is 18.5 Å². The molecule has 3 heterocycles. The molecule has 0 unspecified atom stereocenters. The van der Waals surface area contributed by atoms with E-state index >= 15 is 0 Å². The van der Waals surface area contributed by atoms with Crippen molar-refractivity contribution in [1.29, 1.82) is 0 Å². The Hall–Kier alpha value is -3.13. The molecule has 2 fully saturated rings. The second-order valence-corrected chi connectivity index (χ2v) is 8.95. The maximum atomic E-state index is 14.2. The smallest absolute Gasteiger partial charge is 0.188 e. The predicted molar refractivity (Wildman–Crippen MR) is 115 cm³/mol. The minimum absolute atomic E-state index is 0.149. The fraction of sp³-hybridized carbons (Fsp3) is 0.391. The quantitative estimate of drug-likeness (QED) is 0.669. The normalized spacial score (nSPS) is 17.5. The van der Waals surface area contributed by atoms with Crippen molar-refractivity contribution in [3.05, 3.63) is 54.8 Å². The molecule has 1 aromatic carbocycles. The van der Waals surface area contributed by atoms with Crippen molar-refractivity contribution in [2.24, 2.45) is 11.1 Å². The third kappa shape index (κ3) is 3.61. The summed E-state index contributed by atoms with van der Waals surface area (Å²) in [4.78, 5) is 19.4. The van der Waals surface area contributed by atoms with Crippen molar-refractivity contribution < 1.29 is 9.13 Å². The molecule has 0 atom stereocenters. The van der Waals surface area contributed by atoms with Crippen molar-refractivity contribution in [1.82, 2.24) is 19.9 Å². The lowest BCUT2D eigenvalue weighted by Gasteiger charge is -2.58. The van der Waals surface area contributed by atoms with Crippen molar-refractivity contribution in [2.75, 3.05) is 18.0 Å². The number of rotatable bonds is 5. The van der Waals surface area contributed by atoms with Crippen LogP contribution in [0.2, 0.25) is 0 Å². The molecule has 0 amide bonds. The van der Waals surface area contributed by atoms with Crippen molar-refractivity contribution in [2.45, 2.75) is 38.6 Å². The van der Waals surface area contributed by atoms with Gasteiger partial charge >= 0.3 is 0 Å². The molecule has 2 aromatic heterocycles. The minimum Gasteiger partial charge on any atom is -0.451 e. The van der Waals surface area contributed by atoms with Gasteiger partial charge in [0, 0.05) is 41.9 Å². The second-order valence-electron chi connectivity index (χ2n) is 8.95. The van der Waals surface area contributed by atoms with Crippen LogP contribution in [0.4, 0.5) is 10.2 Å². The molecule has 1 aliphatic carbocycles. The van der Waals surface area contributed by atoms with Crippen LogP contribution in [0.3, 0.4) is 0 Å². The van der Waals surface area contributed by atoms with Gasteiger partial charge in [-0.15, -0.1) is 0 Å². The lowest BCUT2D eigenvalue weighted by Crippen LogP contribution is -2.65. The van der Waals surface area contributed by atoms with Crippen LogP contribution in [0.15, 0.2) is 43.2 Å². The van der Waals surface area contributed by atoms with Crippen LogP contribution in [0.1, 0.15) is 38.3 Å². The first-order valence-electron chi connectivity index (χ1n) is 10.5. The van der Waals surface area contributed by atoms with Gasteiger partial charge in [0.2, 0.25) is 0 Å². The highest BCUT2D eigenvalue weighted by atomic mass is 19.1. The summed E-state index contributed by atoms with van der Waals surface area (Å²) < 4.78 is 20.5. The molecule has 1 spiro atoms.